The van der Waals surface area contributed by atoms with Crippen LogP contribution in [0.15, 0.2) is 59.8 Å². The first-order valence-electron chi connectivity index (χ1n) is 8.01. The number of aromatic nitrogens is 4. The Kier molecular flexibility index (Phi) is 6.05. The number of benzene rings is 1. The summed E-state index contributed by atoms with van der Waals surface area (Å²) in [5.41, 5.74) is 0.766. The first kappa shape index (κ1) is 17.7. The van der Waals surface area contributed by atoms with E-state index >= 15 is 0 Å². The summed E-state index contributed by atoms with van der Waals surface area (Å²) < 4.78 is 1.63. The van der Waals surface area contributed by atoms with Crippen molar-refractivity contribution in [3.05, 3.63) is 54.9 Å². The fourth-order valence-electron chi connectivity index (χ4n) is 2.19. The zero-order valence-electron chi connectivity index (χ0n) is 14.2. The van der Waals surface area contributed by atoms with Crippen molar-refractivity contribution in [2.24, 2.45) is 0 Å². The fourth-order valence-corrected chi connectivity index (χ4v) is 2.65. The number of amides is 2. The van der Waals surface area contributed by atoms with E-state index in [1.807, 2.05) is 48.7 Å². The number of urea groups is 1. The minimum absolute atomic E-state index is 0.245. The number of nitrogens with one attached hydrogen (secondary N) is 3. The van der Waals surface area contributed by atoms with Crippen LogP contribution in [0.2, 0.25) is 0 Å². The molecular formula is C17H19N7OS. The van der Waals surface area contributed by atoms with Crippen molar-refractivity contribution in [2.75, 3.05) is 30.0 Å². The molecule has 0 saturated heterocycles. The minimum atomic E-state index is -0.245. The first-order valence-corrected chi connectivity index (χ1v) is 9.23. The van der Waals surface area contributed by atoms with Crippen LogP contribution >= 0.6 is 11.8 Å². The maximum absolute atomic E-state index is 11.9. The van der Waals surface area contributed by atoms with Gasteiger partial charge < -0.3 is 16.0 Å². The molecule has 0 spiro atoms. The lowest BCUT2D eigenvalue weighted by atomic mass is 10.3. The van der Waals surface area contributed by atoms with Crippen LogP contribution in [-0.4, -0.2) is 45.4 Å². The molecule has 2 amide bonds. The van der Waals surface area contributed by atoms with E-state index in [4.69, 9.17) is 0 Å². The van der Waals surface area contributed by atoms with Gasteiger partial charge >= 0.3 is 6.03 Å². The molecular weight excluding hydrogens is 350 g/mol. The molecule has 0 radical (unpaired) electrons. The molecule has 3 N–H and O–H groups in total. The van der Waals surface area contributed by atoms with Gasteiger partial charge in [0, 0.05) is 36.1 Å². The Bertz CT molecular complexity index is 837. The Balaban J connectivity index is 1.40. The maximum Gasteiger partial charge on any atom is 0.319 e. The standard InChI is InChI=1S/C17H19N7OS/c1-26-14-5-2-4-13(12-14)21-17(25)19-10-9-18-15-6-7-16(23-22-15)24-11-3-8-20-24/h2-8,11-12H,9-10H2,1H3,(H,18,22)(H2,19,21,25). The maximum atomic E-state index is 11.9. The largest absolute Gasteiger partial charge is 0.367 e. The highest BCUT2D eigenvalue weighted by Crippen LogP contribution is 2.18. The summed E-state index contributed by atoms with van der Waals surface area (Å²) in [4.78, 5) is 13.0. The molecule has 0 bridgehead atoms. The van der Waals surface area contributed by atoms with Crippen LogP contribution in [0.1, 0.15) is 0 Å². The molecule has 8 nitrogen and oxygen atoms in total. The van der Waals surface area contributed by atoms with Crippen molar-refractivity contribution in [2.45, 2.75) is 4.90 Å². The summed E-state index contributed by atoms with van der Waals surface area (Å²) >= 11 is 1.63. The normalized spacial score (nSPS) is 10.3. The van der Waals surface area contributed by atoms with E-state index in [0.29, 0.717) is 24.7 Å². The second kappa shape index (κ2) is 8.86. The Morgan fingerprint density at radius 2 is 2.08 bits per heavy atom. The molecule has 0 aliphatic heterocycles. The molecule has 0 saturated carbocycles. The number of thioether (sulfide) groups is 1. The molecule has 3 aromatic rings. The van der Waals surface area contributed by atoms with E-state index in [0.717, 1.165) is 10.6 Å². The Morgan fingerprint density at radius 1 is 1.15 bits per heavy atom. The molecule has 0 aliphatic carbocycles. The topological polar surface area (TPSA) is 96.8 Å². The van der Waals surface area contributed by atoms with E-state index in [1.54, 1.807) is 28.8 Å². The highest BCUT2D eigenvalue weighted by molar-refractivity contribution is 7.98. The predicted molar refractivity (Wildman–Crippen MR) is 103 cm³/mol. The summed E-state index contributed by atoms with van der Waals surface area (Å²) in [6, 6.07) is 12.9. The number of carbonyl (C=O) groups excluding carboxylic acids is 1. The van der Waals surface area contributed by atoms with Crippen LogP contribution < -0.4 is 16.0 Å². The summed E-state index contributed by atoms with van der Waals surface area (Å²) in [7, 11) is 0. The molecule has 2 heterocycles. The van der Waals surface area contributed by atoms with E-state index in [-0.39, 0.29) is 6.03 Å². The van der Waals surface area contributed by atoms with Gasteiger partial charge in [0.05, 0.1) is 0 Å². The monoisotopic (exact) mass is 369 g/mol. The average molecular weight is 369 g/mol. The number of hydrogen-bond acceptors (Lipinski definition) is 6. The van der Waals surface area contributed by atoms with Crippen LogP contribution in [0.3, 0.4) is 0 Å². The Morgan fingerprint density at radius 3 is 2.81 bits per heavy atom. The number of nitrogens with zero attached hydrogens (tertiary/aromatic N) is 4. The van der Waals surface area contributed by atoms with Crippen LogP contribution in [0.25, 0.3) is 5.82 Å². The zero-order valence-corrected chi connectivity index (χ0v) is 15.0. The molecule has 26 heavy (non-hydrogen) atoms. The van der Waals surface area contributed by atoms with Crippen molar-refractivity contribution >= 4 is 29.3 Å². The molecule has 0 aliphatic rings. The van der Waals surface area contributed by atoms with Crippen LogP contribution in [0.5, 0.6) is 0 Å². The van der Waals surface area contributed by atoms with Crippen LogP contribution in [0.4, 0.5) is 16.3 Å². The number of rotatable bonds is 7. The third kappa shape index (κ3) is 4.96. The number of hydrogen-bond donors (Lipinski definition) is 3. The minimum Gasteiger partial charge on any atom is -0.367 e. The third-order valence-electron chi connectivity index (χ3n) is 3.43. The summed E-state index contributed by atoms with van der Waals surface area (Å²) in [5, 5.41) is 21.0. The molecule has 9 heteroatoms. The van der Waals surface area contributed by atoms with Crippen molar-refractivity contribution in [3.8, 4) is 5.82 Å². The van der Waals surface area contributed by atoms with Crippen LogP contribution in [0, 0.1) is 0 Å². The lowest BCUT2D eigenvalue weighted by molar-refractivity contribution is 0.252. The van der Waals surface area contributed by atoms with Crippen molar-refractivity contribution in [1.29, 1.82) is 0 Å². The van der Waals surface area contributed by atoms with Crippen molar-refractivity contribution < 1.29 is 4.79 Å². The quantitative estimate of drug-likeness (QED) is 0.438. The Labute approximate surface area is 155 Å². The van der Waals surface area contributed by atoms with Gasteiger partial charge in [0.25, 0.3) is 0 Å². The molecule has 1 aromatic carbocycles. The lowest BCUT2D eigenvalue weighted by Crippen LogP contribution is -2.32. The van der Waals surface area contributed by atoms with Gasteiger partial charge in [0.2, 0.25) is 0 Å². The van der Waals surface area contributed by atoms with Crippen molar-refractivity contribution in [3.63, 3.8) is 0 Å². The summed E-state index contributed by atoms with van der Waals surface area (Å²) in [5.74, 6) is 1.28. The fraction of sp³-hybridized carbons (Fsp3) is 0.176. The van der Waals surface area contributed by atoms with Gasteiger partial charge in [0.1, 0.15) is 5.82 Å². The third-order valence-corrected chi connectivity index (χ3v) is 4.16. The zero-order chi connectivity index (χ0) is 18.2. The molecule has 2 aromatic heterocycles. The van der Waals surface area contributed by atoms with Crippen LogP contribution in [-0.2, 0) is 0 Å². The van der Waals surface area contributed by atoms with Gasteiger partial charge in [-0.15, -0.1) is 22.0 Å². The summed E-state index contributed by atoms with van der Waals surface area (Å²) in [6.45, 7) is 0.991. The molecule has 134 valence electrons. The second-order valence-electron chi connectivity index (χ2n) is 5.27. The van der Waals surface area contributed by atoms with E-state index in [1.165, 1.54) is 0 Å². The Hall–Kier alpha value is -3.07. The molecule has 3 rings (SSSR count). The van der Waals surface area contributed by atoms with Gasteiger partial charge in [-0.05, 0) is 42.7 Å². The average Bonchev–Trinajstić information content (AvgIpc) is 3.21. The highest BCUT2D eigenvalue weighted by atomic mass is 32.2. The number of anilines is 2. The highest BCUT2D eigenvalue weighted by Gasteiger charge is 2.03. The van der Waals surface area contributed by atoms with E-state index in [9.17, 15) is 4.79 Å². The number of carbonyl (C=O) groups is 1. The predicted octanol–water partition coefficient (Wildman–Crippen LogP) is 2.62. The van der Waals surface area contributed by atoms with Crippen molar-refractivity contribution in [1.82, 2.24) is 25.3 Å². The molecule has 0 atom stereocenters. The smallest absolute Gasteiger partial charge is 0.319 e. The second-order valence-corrected chi connectivity index (χ2v) is 6.15. The lowest BCUT2D eigenvalue weighted by Gasteiger charge is -2.09. The van der Waals surface area contributed by atoms with Gasteiger partial charge in [-0.2, -0.15) is 5.10 Å². The van der Waals surface area contributed by atoms with E-state index < -0.39 is 0 Å². The van der Waals surface area contributed by atoms with Gasteiger partial charge in [0.15, 0.2) is 5.82 Å². The SMILES string of the molecule is CSc1cccc(NC(=O)NCCNc2ccc(-n3cccn3)nn2)c1. The van der Waals surface area contributed by atoms with Gasteiger partial charge in [-0.3, -0.25) is 0 Å². The molecule has 0 fully saturated rings. The summed E-state index contributed by atoms with van der Waals surface area (Å²) in [6.07, 6.45) is 5.48. The first-order chi connectivity index (χ1) is 12.7. The van der Waals surface area contributed by atoms with E-state index in [2.05, 4.69) is 31.2 Å². The van der Waals surface area contributed by atoms with Gasteiger partial charge in [-0.25, -0.2) is 9.48 Å². The van der Waals surface area contributed by atoms with Gasteiger partial charge in [-0.1, -0.05) is 6.07 Å². The molecule has 0 unspecified atom stereocenters.